The van der Waals surface area contributed by atoms with Crippen LogP contribution in [0.3, 0.4) is 0 Å². The van der Waals surface area contributed by atoms with Crippen LogP contribution in [0.5, 0.6) is 0 Å². The molecule has 3 rings (SSSR count). The summed E-state index contributed by atoms with van der Waals surface area (Å²) in [6.07, 6.45) is 3.12. The summed E-state index contributed by atoms with van der Waals surface area (Å²) >= 11 is 3.45. The molecular formula is C31H38BrN3O4S. The van der Waals surface area contributed by atoms with Crippen molar-refractivity contribution in [1.82, 2.24) is 10.2 Å². The Kier molecular flexibility index (Phi) is 11.3. The lowest BCUT2D eigenvalue weighted by atomic mass is 10.0. The van der Waals surface area contributed by atoms with Gasteiger partial charge in [0, 0.05) is 24.0 Å². The molecule has 9 heteroatoms. The van der Waals surface area contributed by atoms with Crippen LogP contribution in [-0.2, 0) is 32.6 Å². The van der Waals surface area contributed by atoms with Gasteiger partial charge in [0.2, 0.25) is 21.8 Å². The van der Waals surface area contributed by atoms with E-state index in [2.05, 4.69) is 21.2 Å². The van der Waals surface area contributed by atoms with Crippen LogP contribution in [0, 0.1) is 13.8 Å². The first-order valence-electron chi connectivity index (χ1n) is 13.4. The van der Waals surface area contributed by atoms with Gasteiger partial charge in [-0.2, -0.15) is 0 Å². The maximum Gasteiger partial charge on any atom is 0.244 e. The Balaban J connectivity index is 2.03. The molecule has 0 aromatic heterocycles. The summed E-state index contributed by atoms with van der Waals surface area (Å²) in [5.74, 6) is -0.721. The minimum atomic E-state index is -3.81. The van der Waals surface area contributed by atoms with Crippen molar-refractivity contribution >= 4 is 43.5 Å². The Morgan fingerprint density at radius 3 is 2.23 bits per heavy atom. The van der Waals surface area contributed by atoms with Crippen molar-refractivity contribution < 1.29 is 18.0 Å². The third-order valence-electron chi connectivity index (χ3n) is 6.68. The molecule has 0 spiro atoms. The maximum absolute atomic E-state index is 14.1. The van der Waals surface area contributed by atoms with Gasteiger partial charge in [-0.05, 0) is 55.2 Å². The van der Waals surface area contributed by atoms with Gasteiger partial charge in [-0.25, -0.2) is 8.42 Å². The summed E-state index contributed by atoms with van der Waals surface area (Å²) in [4.78, 5) is 29.2. The van der Waals surface area contributed by atoms with Gasteiger partial charge in [0.25, 0.3) is 0 Å². The van der Waals surface area contributed by atoms with Crippen LogP contribution in [0.15, 0.2) is 77.3 Å². The van der Waals surface area contributed by atoms with E-state index in [1.54, 1.807) is 18.2 Å². The second kappa shape index (κ2) is 14.5. The highest BCUT2D eigenvalue weighted by Crippen LogP contribution is 2.25. The molecule has 0 bridgehead atoms. The number of nitrogens with one attached hydrogen (secondary N) is 1. The second-order valence-electron chi connectivity index (χ2n) is 10.1. The number of rotatable bonds is 13. The van der Waals surface area contributed by atoms with E-state index in [0.29, 0.717) is 18.7 Å². The number of anilines is 1. The molecule has 0 aliphatic rings. The third-order valence-corrected chi connectivity index (χ3v) is 8.71. The zero-order valence-corrected chi connectivity index (χ0v) is 26.0. The van der Waals surface area contributed by atoms with Gasteiger partial charge in [-0.3, -0.25) is 13.9 Å². The maximum atomic E-state index is 14.1. The number of carbonyl (C=O) groups excluding carboxylic acids is 2. The summed E-state index contributed by atoms with van der Waals surface area (Å²) in [6.45, 7) is 6.12. The molecule has 1 atom stereocenters. The topological polar surface area (TPSA) is 86.8 Å². The SMILES string of the molecule is CCCCNC(=O)[C@H](Cc1ccccc1)N(Cc1ccc(C)cc1)C(=O)CN(c1ccc(Br)c(C)c1)S(C)(=O)=O. The average Bonchev–Trinajstić information content (AvgIpc) is 2.92. The Morgan fingerprint density at radius 1 is 0.950 bits per heavy atom. The number of benzene rings is 3. The van der Waals surface area contributed by atoms with Crippen LogP contribution in [0.1, 0.15) is 42.0 Å². The quantitative estimate of drug-likeness (QED) is 0.258. The predicted molar refractivity (Wildman–Crippen MR) is 165 cm³/mol. The van der Waals surface area contributed by atoms with E-state index < -0.39 is 28.5 Å². The Bertz CT molecular complexity index is 1400. The Morgan fingerprint density at radius 2 is 1.62 bits per heavy atom. The number of amides is 2. The van der Waals surface area contributed by atoms with E-state index in [1.165, 1.54) is 4.90 Å². The van der Waals surface area contributed by atoms with Crippen LogP contribution < -0.4 is 9.62 Å². The molecule has 3 aromatic rings. The van der Waals surface area contributed by atoms with E-state index in [-0.39, 0.29) is 12.5 Å². The standard InChI is InChI=1S/C31H38BrN3O4S/c1-5-6-18-33-31(37)29(20-25-10-8-7-9-11-25)34(21-26-14-12-23(2)13-15-26)30(36)22-35(40(4,38)39)27-16-17-28(32)24(3)19-27/h7-17,19,29H,5-6,18,20-22H2,1-4H3,(H,33,37)/t29-/m0/s1. The molecule has 40 heavy (non-hydrogen) atoms. The zero-order valence-electron chi connectivity index (χ0n) is 23.6. The van der Waals surface area contributed by atoms with E-state index in [4.69, 9.17) is 0 Å². The molecular weight excluding hydrogens is 590 g/mol. The minimum absolute atomic E-state index is 0.161. The molecule has 1 N–H and O–H groups in total. The summed E-state index contributed by atoms with van der Waals surface area (Å²) in [5, 5.41) is 2.99. The van der Waals surface area contributed by atoms with Gasteiger partial charge in [-0.15, -0.1) is 0 Å². The first-order valence-corrected chi connectivity index (χ1v) is 16.0. The van der Waals surface area contributed by atoms with Crippen LogP contribution in [0.4, 0.5) is 5.69 Å². The second-order valence-corrected chi connectivity index (χ2v) is 12.8. The Labute approximate surface area is 246 Å². The van der Waals surface area contributed by atoms with Crippen molar-refractivity contribution in [2.45, 2.75) is 52.6 Å². The first kappa shape index (κ1) is 31.4. The summed E-state index contributed by atoms with van der Waals surface area (Å²) in [6, 6.07) is 21.6. The van der Waals surface area contributed by atoms with Crippen molar-refractivity contribution in [2.75, 3.05) is 23.7 Å². The monoisotopic (exact) mass is 627 g/mol. The number of hydrogen-bond donors (Lipinski definition) is 1. The number of carbonyl (C=O) groups is 2. The lowest BCUT2D eigenvalue weighted by Gasteiger charge is -2.33. The summed E-state index contributed by atoms with van der Waals surface area (Å²) < 4.78 is 27.8. The number of hydrogen-bond acceptors (Lipinski definition) is 4. The molecule has 0 aliphatic heterocycles. The highest BCUT2D eigenvalue weighted by atomic mass is 79.9. The van der Waals surface area contributed by atoms with Crippen molar-refractivity contribution in [1.29, 1.82) is 0 Å². The number of halogens is 1. The van der Waals surface area contributed by atoms with Gasteiger partial charge < -0.3 is 10.2 Å². The van der Waals surface area contributed by atoms with Gasteiger partial charge in [0.15, 0.2) is 0 Å². The molecule has 0 radical (unpaired) electrons. The van der Waals surface area contributed by atoms with E-state index in [1.807, 2.05) is 75.4 Å². The predicted octanol–water partition coefficient (Wildman–Crippen LogP) is 5.39. The number of sulfonamides is 1. The van der Waals surface area contributed by atoms with Crippen molar-refractivity contribution in [3.8, 4) is 0 Å². The minimum Gasteiger partial charge on any atom is -0.354 e. The van der Waals surface area contributed by atoms with E-state index in [0.717, 1.165) is 50.1 Å². The van der Waals surface area contributed by atoms with Gasteiger partial charge >= 0.3 is 0 Å². The average molecular weight is 629 g/mol. The summed E-state index contributed by atoms with van der Waals surface area (Å²) in [5.41, 5.74) is 4.06. The van der Waals surface area contributed by atoms with Crippen molar-refractivity contribution in [3.05, 3.63) is 99.5 Å². The van der Waals surface area contributed by atoms with Crippen LogP contribution in [-0.4, -0.2) is 50.5 Å². The highest BCUT2D eigenvalue weighted by Gasteiger charge is 2.33. The zero-order chi connectivity index (χ0) is 29.3. The molecule has 0 heterocycles. The van der Waals surface area contributed by atoms with E-state index >= 15 is 0 Å². The molecule has 214 valence electrons. The summed E-state index contributed by atoms with van der Waals surface area (Å²) in [7, 11) is -3.81. The van der Waals surface area contributed by atoms with Crippen LogP contribution in [0.25, 0.3) is 0 Å². The fraction of sp³-hybridized carbons (Fsp3) is 0.355. The fourth-order valence-corrected chi connectivity index (χ4v) is 5.44. The Hall–Kier alpha value is -3.17. The van der Waals surface area contributed by atoms with Crippen molar-refractivity contribution in [3.63, 3.8) is 0 Å². The molecule has 3 aromatic carbocycles. The molecule has 0 aliphatic carbocycles. The first-order chi connectivity index (χ1) is 19.0. The molecule has 2 amide bonds. The third kappa shape index (κ3) is 8.93. The fourth-order valence-electron chi connectivity index (χ4n) is 4.35. The van der Waals surface area contributed by atoms with E-state index in [9.17, 15) is 18.0 Å². The highest BCUT2D eigenvalue weighted by molar-refractivity contribution is 9.10. The van der Waals surface area contributed by atoms with Crippen LogP contribution >= 0.6 is 15.9 Å². The number of nitrogens with zero attached hydrogens (tertiary/aromatic N) is 2. The number of unbranched alkanes of at least 4 members (excludes halogenated alkanes) is 1. The molecule has 0 saturated heterocycles. The normalized spacial score (nSPS) is 12.0. The smallest absolute Gasteiger partial charge is 0.244 e. The molecule has 7 nitrogen and oxygen atoms in total. The van der Waals surface area contributed by atoms with Gasteiger partial charge in [0.1, 0.15) is 12.6 Å². The lowest BCUT2D eigenvalue weighted by Crippen LogP contribution is -2.53. The molecule has 0 fully saturated rings. The van der Waals surface area contributed by atoms with Gasteiger partial charge in [0.05, 0.1) is 11.9 Å². The lowest BCUT2D eigenvalue weighted by molar-refractivity contribution is -0.140. The largest absolute Gasteiger partial charge is 0.354 e. The van der Waals surface area contributed by atoms with Crippen molar-refractivity contribution in [2.24, 2.45) is 0 Å². The molecule has 0 unspecified atom stereocenters. The van der Waals surface area contributed by atoms with Crippen LogP contribution in [0.2, 0.25) is 0 Å². The van der Waals surface area contributed by atoms with Gasteiger partial charge in [-0.1, -0.05) is 89.4 Å². The molecule has 0 saturated carbocycles. The number of aryl methyl sites for hydroxylation is 2.